The maximum absolute atomic E-state index is 12.7. The molecule has 0 aromatic heterocycles. The molecule has 5 nitrogen and oxygen atoms in total. The van der Waals surface area contributed by atoms with Crippen molar-refractivity contribution in [2.24, 2.45) is 0 Å². The number of benzene rings is 1. The van der Waals surface area contributed by atoms with E-state index < -0.39 is 10.0 Å². The van der Waals surface area contributed by atoms with Gasteiger partial charge in [0.15, 0.2) is 0 Å². The monoisotopic (exact) mass is 284 g/mol. The fourth-order valence-electron chi connectivity index (χ4n) is 2.37. The number of hydrogen-bond acceptors (Lipinski definition) is 4. The van der Waals surface area contributed by atoms with E-state index in [1.807, 2.05) is 6.92 Å². The van der Waals surface area contributed by atoms with Crippen LogP contribution in [0.25, 0.3) is 0 Å². The van der Waals surface area contributed by atoms with E-state index in [-0.39, 0.29) is 6.10 Å². The summed E-state index contributed by atoms with van der Waals surface area (Å²) in [5, 5.41) is 0. The first-order valence-corrected chi connectivity index (χ1v) is 7.75. The molecule has 19 heavy (non-hydrogen) atoms. The number of nitrogens with two attached hydrogens (primary N) is 1. The van der Waals surface area contributed by atoms with Crippen LogP contribution in [0.5, 0.6) is 0 Å². The van der Waals surface area contributed by atoms with Crippen molar-refractivity contribution in [1.82, 2.24) is 4.31 Å². The van der Waals surface area contributed by atoms with Gasteiger partial charge in [-0.15, -0.1) is 0 Å². The molecule has 2 rings (SSSR count). The van der Waals surface area contributed by atoms with E-state index in [0.717, 1.165) is 5.56 Å². The Hall–Kier alpha value is -1.11. The molecular formula is C13H20N2O3S. The molecular weight excluding hydrogens is 264 g/mol. The van der Waals surface area contributed by atoms with E-state index in [9.17, 15) is 8.42 Å². The van der Waals surface area contributed by atoms with Crippen LogP contribution in [-0.2, 0) is 14.8 Å². The number of aryl methyl sites for hydroxylation is 1. The SMILES string of the molecule is Cc1ccc(N)c(C)c1S(=O)(=O)N1CCOC(C)C1. The molecule has 2 N–H and O–H groups in total. The summed E-state index contributed by atoms with van der Waals surface area (Å²) >= 11 is 0. The first-order chi connectivity index (χ1) is 8.84. The predicted octanol–water partition coefficient (Wildman–Crippen LogP) is 1.30. The molecule has 0 amide bonds. The molecule has 106 valence electrons. The summed E-state index contributed by atoms with van der Waals surface area (Å²) in [7, 11) is -3.51. The van der Waals surface area contributed by atoms with Gasteiger partial charge in [0, 0.05) is 18.8 Å². The van der Waals surface area contributed by atoms with Crippen molar-refractivity contribution in [1.29, 1.82) is 0 Å². The van der Waals surface area contributed by atoms with Crippen molar-refractivity contribution in [3.05, 3.63) is 23.3 Å². The van der Waals surface area contributed by atoms with Crippen molar-refractivity contribution in [2.45, 2.75) is 31.8 Å². The van der Waals surface area contributed by atoms with Crippen molar-refractivity contribution in [2.75, 3.05) is 25.4 Å². The Labute approximate surface area is 114 Å². The summed E-state index contributed by atoms with van der Waals surface area (Å²) in [5.41, 5.74) is 7.69. The Morgan fingerprint density at radius 3 is 2.68 bits per heavy atom. The lowest BCUT2D eigenvalue weighted by molar-refractivity contribution is 0.0101. The molecule has 6 heteroatoms. The molecule has 1 aliphatic rings. The average molecular weight is 284 g/mol. The second-order valence-electron chi connectivity index (χ2n) is 4.97. The van der Waals surface area contributed by atoms with Gasteiger partial charge in [-0.05, 0) is 38.0 Å². The van der Waals surface area contributed by atoms with Crippen LogP contribution in [0.2, 0.25) is 0 Å². The van der Waals surface area contributed by atoms with Crippen LogP contribution in [-0.4, -0.2) is 38.5 Å². The molecule has 1 aromatic carbocycles. The normalized spacial score (nSPS) is 21.5. The molecule has 1 fully saturated rings. The van der Waals surface area contributed by atoms with E-state index in [2.05, 4.69) is 0 Å². The minimum Gasteiger partial charge on any atom is -0.398 e. The van der Waals surface area contributed by atoms with Crippen LogP contribution in [0.4, 0.5) is 5.69 Å². The van der Waals surface area contributed by atoms with Gasteiger partial charge in [-0.3, -0.25) is 0 Å². The largest absolute Gasteiger partial charge is 0.398 e. The summed E-state index contributed by atoms with van der Waals surface area (Å²) < 4.78 is 32.4. The highest BCUT2D eigenvalue weighted by Gasteiger charge is 2.31. The van der Waals surface area contributed by atoms with Crippen LogP contribution >= 0.6 is 0 Å². The number of morpholine rings is 1. The van der Waals surface area contributed by atoms with Crippen molar-refractivity contribution >= 4 is 15.7 Å². The number of anilines is 1. The van der Waals surface area contributed by atoms with Crippen molar-refractivity contribution in [3.8, 4) is 0 Å². The number of nitrogens with zero attached hydrogens (tertiary/aromatic N) is 1. The van der Waals surface area contributed by atoms with Gasteiger partial charge >= 0.3 is 0 Å². The highest BCUT2D eigenvalue weighted by molar-refractivity contribution is 7.89. The van der Waals surface area contributed by atoms with Gasteiger partial charge in [-0.1, -0.05) is 6.07 Å². The standard InChI is InChI=1S/C13H20N2O3S/c1-9-4-5-12(14)11(3)13(9)19(16,17)15-6-7-18-10(2)8-15/h4-5,10H,6-8,14H2,1-3H3. The molecule has 0 saturated carbocycles. The summed E-state index contributed by atoms with van der Waals surface area (Å²) in [6, 6.07) is 3.49. The number of rotatable bonds is 2. The first-order valence-electron chi connectivity index (χ1n) is 6.31. The molecule has 0 bridgehead atoms. The van der Waals surface area contributed by atoms with Crippen molar-refractivity contribution < 1.29 is 13.2 Å². The average Bonchev–Trinajstić information content (AvgIpc) is 2.34. The lowest BCUT2D eigenvalue weighted by Gasteiger charge is -2.31. The molecule has 1 atom stereocenters. The highest BCUT2D eigenvalue weighted by Crippen LogP contribution is 2.28. The topological polar surface area (TPSA) is 72.6 Å². The fourth-order valence-corrected chi connectivity index (χ4v) is 4.33. The minimum atomic E-state index is -3.51. The van der Waals surface area contributed by atoms with E-state index >= 15 is 0 Å². The number of nitrogen functional groups attached to an aromatic ring is 1. The molecule has 1 heterocycles. The Bertz CT molecular complexity index is 584. The molecule has 1 unspecified atom stereocenters. The van der Waals surface area contributed by atoms with Crippen LogP contribution in [0.1, 0.15) is 18.1 Å². The van der Waals surface area contributed by atoms with E-state index in [0.29, 0.717) is 35.8 Å². The third kappa shape index (κ3) is 2.61. The van der Waals surface area contributed by atoms with Crippen LogP contribution < -0.4 is 5.73 Å². The van der Waals surface area contributed by atoms with Gasteiger partial charge < -0.3 is 10.5 Å². The summed E-state index contributed by atoms with van der Waals surface area (Å²) in [6.45, 7) is 6.63. The second kappa shape index (κ2) is 5.11. The zero-order valence-corrected chi connectivity index (χ0v) is 12.3. The fraction of sp³-hybridized carbons (Fsp3) is 0.538. The Kier molecular flexibility index (Phi) is 3.85. The smallest absolute Gasteiger partial charge is 0.243 e. The number of hydrogen-bond donors (Lipinski definition) is 1. The lowest BCUT2D eigenvalue weighted by Crippen LogP contribution is -2.44. The van der Waals surface area contributed by atoms with Crippen molar-refractivity contribution in [3.63, 3.8) is 0 Å². The molecule has 1 saturated heterocycles. The number of ether oxygens (including phenoxy) is 1. The van der Waals surface area contributed by atoms with Gasteiger partial charge in [0.25, 0.3) is 0 Å². The first kappa shape index (κ1) is 14.3. The maximum atomic E-state index is 12.7. The van der Waals surface area contributed by atoms with Crippen LogP contribution in [0, 0.1) is 13.8 Å². The molecule has 0 spiro atoms. The van der Waals surface area contributed by atoms with E-state index in [1.165, 1.54) is 4.31 Å². The van der Waals surface area contributed by atoms with Gasteiger partial charge in [0.1, 0.15) is 0 Å². The third-order valence-electron chi connectivity index (χ3n) is 3.45. The van der Waals surface area contributed by atoms with Gasteiger partial charge in [-0.2, -0.15) is 4.31 Å². The van der Waals surface area contributed by atoms with Crippen LogP contribution in [0.3, 0.4) is 0 Å². The second-order valence-corrected chi connectivity index (χ2v) is 6.85. The molecule has 1 aromatic rings. The molecule has 1 aliphatic heterocycles. The zero-order valence-electron chi connectivity index (χ0n) is 11.5. The Morgan fingerprint density at radius 1 is 1.37 bits per heavy atom. The third-order valence-corrected chi connectivity index (χ3v) is 5.60. The van der Waals surface area contributed by atoms with Crippen LogP contribution in [0.15, 0.2) is 17.0 Å². The summed E-state index contributed by atoms with van der Waals surface area (Å²) in [5.74, 6) is 0. The summed E-state index contributed by atoms with van der Waals surface area (Å²) in [6.07, 6.45) is -0.0785. The highest BCUT2D eigenvalue weighted by atomic mass is 32.2. The Morgan fingerprint density at radius 2 is 2.05 bits per heavy atom. The van der Waals surface area contributed by atoms with E-state index in [4.69, 9.17) is 10.5 Å². The minimum absolute atomic E-state index is 0.0785. The lowest BCUT2D eigenvalue weighted by atomic mass is 10.1. The molecule has 0 aliphatic carbocycles. The predicted molar refractivity (Wildman–Crippen MR) is 74.5 cm³/mol. The maximum Gasteiger partial charge on any atom is 0.243 e. The number of sulfonamides is 1. The quantitative estimate of drug-likeness (QED) is 0.831. The van der Waals surface area contributed by atoms with Gasteiger partial charge in [-0.25, -0.2) is 8.42 Å². The zero-order chi connectivity index (χ0) is 14.2. The van der Waals surface area contributed by atoms with Gasteiger partial charge in [0.05, 0.1) is 17.6 Å². The van der Waals surface area contributed by atoms with Gasteiger partial charge in [0.2, 0.25) is 10.0 Å². The van der Waals surface area contributed by atoms with E-state index in [1.54, 1.807) is 26.0 Å². The molecule has 0 radical (unpaired) electrons. The summed E-state index contributed by atoms with van der Waals surface area (Å²) in [4.78, 5) is 0.335. The Balaban J connectivity index is 2.48.